The van der Waals surface area contributed by atoms with Gasteiger partial charge in [-0.05, 0) is 41.5 Å². The number of benzene rings is 2. The fraction of sp³-hybridized carbons (Fsp3) is 0.111. The van der Waals surface area contributed by atoms with Crippen LogP contribution in [0.1, 0.15) is 11.1 Å². The summed E-state index contributed by atoms with van der Waals surface area (Å²) in [7, 11) is 1.41. The first-order valence-corrected chi connectivity index (χ1v) is 8.20. The highest BCUT2D eigenvalue weighted by Gasteiger charge is 2.15. The van der Waals surface area contributed by atoms with Crippen LogP contribution in [0.3, 0.4) is 0 Å². The van der Waals surface area contributed by atoms with Gasteiger partial charge in [-0.2, -0.15) is 0 Å². The molecule has 0 aliphatic rings. The third-order valence-electron chi connectivity index (χ3n) is 3.24. The molecule has 2 rings (SSSR count). The average molecular weight is 395 g/mol. The van der Waals surface area contributed by atoms with Gasteiger partial charge in [-0.3, -0.25) is 0 Å². The van der Waals surface area contributed by atoms with Gasteiger partial charge in [0, 0.05) is 17.6 Å². The number of rotatable bonds is 6. The number of amides is 2. The number of halogens is 2. The summed E-state index contributed by atoms with van der Waals surface area (Å²) in [6.45, 7) is 0.163. The van der Waals surface area contributed by atoms with E-state index in [4.69, 9.17) is 38.4 Å². The van der Waals surface area contributed by atoms with Crippen LogP contribution >= 0.6 is 23.2 Å². The predicted molar refractivity (Wildman–Crippen MR) is 101 cm³/mol. The van der Waals surface area contributed by atoms with Crippen molar-refractivity contribution in [2.45, 2.75) is 6.54 Å². The van der Waals surface area contributed by atoms with Crippen molar-refractivity contribution in [1.29, 1.82) is 0 Å². The second kappa shape index (κ2) is 9.12. The zero-order valence-electron chi connectivity index (χ0n) is 13.8. The zero-order valence-corrected chi connectivity index (χ0v) is 15.3. The van der Waals surface area contributed by atoms with Crippen LogP contribution < -0.4 is 20.5 Å². The Kier molecular flexibility index (Phi) is 6.89. The van der Waals surface area contributed by atoms with Crippen molar-refractivity contribution in [3.63, 3.8) is 0 Å². The molecule has 2 aromatic rings. The quantitative estimate of drug-likeness (QED) is 0.442. The number of nitrogens with one attached hydrogen (secondary N) is 1. The number of nitrogens with two attached hydrogens (primary N) is 1. The molecule has 2 aromatic carbocycles. The minimum atomic E-state index is -0.664. The van der Waals surface area contributed by atoms with E-state index in [-0.39, 0.29) is 23.1 Å². The number of carbonyl (C=O) groups excluding carboxylic acids is 2. The molecule has 0 fully saturated rings. The summed E-state index contributed by atoms with van der Waals surface area (Å²) in [6.07, 6.45) is 2.85. The van der Waals surface area contributed by atoms with Crippen LogP contribution in [0.15, 0.2) is 42.5 Å². The van der Waals surface area contributed by atoms with E-state index in [1.165, 1.54) is 13.2 Å². The summed E-state index contributed by atoms with van der Waals surface area (Å²) in [5.41, 5.74) is 6.47. The Hall–Kier alpha value is -2.70. The molecular formula is C18H16Cl2N2O4. The van der Waals surface area contributed by atoms with Crippen LogP contribution in [-0.4, -0.2) is 19.1 Å². The number of esters is 1. The number of methoxy groups -OCH3 is 1. The van der Waals surface area contributed by atoms with Crippen LogP contribution in [0.25, 0.3) is 6.08 Å². The first-order chi connectivity index (χ1) is 12.4. The molecule has 0 saturated carbocycles. The van der Waals surface area contributed by atoms with E-state index in [9.17, 15) is 9.59 Å². The number of urea groups is 1. The van der Waals surface area contributed by atoms with Gasteiger partial charge in [-0.25, -0.2) is 9.59 Å². The molecule has 0 aromatic heterocycles. The largest absolute Gasteiger partial charge is 0.493 e. The molecule has 8 heteroatoms. The maximum Gasteiger partial charge on any atom is 0.336 e. The van der Waals surface area contributed by atoms with Crippen molar-refractivity contribution >= 4 is 41.3 Å². The molecule has 2 amide bonds. The van der Waals surface area contributed by atoms with E-state index in [1.54, 1.807) is 42.5 Å². The van der Waals surface area contributed by atoms with E-state index in [0.29, 0.717) is 10.6 Å². The summed E-state index contributed by atoms with van der Waals surface area (Å²) >= 11 is 12.0. The third-order valence-corrected chi connectivity index (χ3v) is 3.77. The Bertz CT molecular complexity index is 836. The molecule has 0 aliphatic carbocycles. The lowest BCUT2D eigenvalue weighted by atomic mass is 10.2. The van der Waals surface area contributed by atoms with Gasteiger partial charge in [-0.15, -0.1) is 0 Å². The standard InChI is InChI=1S/C18H16Cl2N2O4/c1-25-15-9-12(10-22-18(21)24)8-14(20)17(15)26-16(23)7-4-11-2-5-13(19)6-3-11/h2-9H,10H2,1H3,(H3,21,22,24)/b7-4+. The molecule has 0 aliphatic heterocycles. The minimum Gasteiger partial charge on any atom is -0.493 e. The molecule has 0 radical (unpaired) electrons. The lowest BCUT2D eigenvalue weighted by molar-refractivity contribution is -0.129. The fourth-order valence-corrected chi connectivity index (χ4v) is 2.43. The Morgan fingerprint density at radius 3 is 2.50 bits per heavy atom. The van der Waals surface area contributed by atoms with Gasteiger partial charge in [0.15, 0.2) is 11.5 Å². The lowest BCUT2D eigenvalue weighted by Crippen LogP contribution is -2.28. The van der Waals surface area contributed by atoms with Gasteiger partial charge < -0.3 is 20.5 Å². The van der Waals surface area contributed by atoms with Crippen LogP contribution in [0.2, 0.25) is 10.0 Å². The molecule has 26 heavy (non-hydrogen) atoms. The third kappa shape index (κ3) is 5.68. The monoisotopic (exact) mass is 394 g/mol. The second-order valence-electron chi connectivity index (χ2n) is 5.13. The Morgan fingerprint density at radius 1 is 1.19 bits per heavy atom. The molecule has 0 spiro atoms. The predicted octanol–water partition coefficient (Wildman–Crippen LogP) is 3.79. The zero-order chi connectivity index (χ0) is 19.1. The minimum absolute atomic E-state index is 0.0859. The molecular weight excluding hydrogens is 379 g/mol. The van der Waals surface area contributed by atoms with Crippen LogP contribution in [0, 0.1) is 0 Å². The lowest BCUT2D eigenvalue weighted by Gasteiger charge is -2.12. The number of hydrogen-bond acceptors (Lipinski definition) is 4. The van der Waals surface area contributed by atoms with E-state index in [0.717, 1.165) is 5.56 Å². The van der Waals surface area contributed by atoms with Gasteiger partial charge in [0.25, 0.3) is 0 Å². The van der Waals surface area contributed by atoms with Crippen LogP contribution in [0.4, 0.5) is 4.79 Å². The van der Waals surface area contributed by atoms with E-state index in [2.05, 4.69) is 5.32 Å². The van der Waals surface area contributed by atoms with Crippen molar-refractivity contribution in [2.24, 2.45) is 5.73 Å². The maximum absolute atomic E-state index is 12.1. The summed E-state index contributed by atoms with van der Waals surface area (Å²) in [6, 6.07) is 9.43. The van der Waals surface area contributed by atoms with Crippen molar-refractivity contribution < 1.29 is 19.1 Å². The van der Waals surface area contributed by atoms with Crippen molar-refractivity contribution in [1.82, 2.24) is 5.32 Å². The maximum atomic E-state index is 12.1. The van der Waals surface area contributed by atoms with Crippen molar-refractivity contribution in [3.8, 4) is 11.5 Å². The average Bonchev–Trinajstić information content (AvgIpc) is 2.61. The Balaban J connectivity index is 2.13. The molecule has 0 unspecified atom stereocenters. The number of ether oxygens (including phenoxy) is 2. The van der Waals surface area contributed by atoms with Crippen LogP contribution in [0.5, 0.6) is 11.5 Å². The molecule has 136 valence electrons. The molecule has 0 bridgehead atoms. The highest BCUT2D eigenvalue weighted by atomic mass is 35.5. The Labute approximate surface area is 160 Å². The van der Waals surface area contributed by atoms with Gasteiger partial charge in [-0.1, -0.05) is 35.3 Å². The summed E-state index contributed by atoms with van der Waals surface area (Å²) < 4.78 is 10.5. The first kappa shape index (κ1) is 19.6. The molecule has 3 N–H and O–H groups in total. The SMILES string of the molecule is COc1cc(CNC(N)=O)cc(Cl)c1OC(=O)/C=C/c1ccc(Cl)cc1. The van der Waals surface area contributed by atoms with Gasteiger partial charge in [0.1, 0.15) is 0 Å². The number of hydrogen-bond donors (Lipinski definition) is 2. The summed E-state index contributed by atoms with van der Waals surface area (Å²) in [5, 5.41) is 3.21. The fourth-order valence-electron chi connectivity index (χ4n) is 2.04. The highest BCUT2D eigenvalue weighted by molar-refractivity contribution is 6.32. The smallest absolute Gasteiger partial charge is 0.336 e. The van der Waals surface area contributed by atoms with E-state index >= 15 is 0 Å². The number of carbonyl (C=O) groups is 2. The summed E-state index contributed by atoms with van der Waals surface area (Å²) in [4.78, 5) is 22.8. The molecule has 0 atom stereocenters. The van der Waals surface area contributed by atoms with Gasteiger partial charge in [0.2, 0.25) is 0 Å². The molecule has 0 heterocycles. The highest BCUT2D eigenvalue weighted by Crippen LogP contribution is 2.36. The van der Waals surface area contributed by atoms with Crippen molar-refractivity contribution in [2.75, 3.05) is 7.11 Å². The first-order valence-electron chi connectivity index (χ1n) is 7.44. The summed E-state index contributed by atoms with van der Waals surface area (Å²) in [5.74, 6) is -0.280. The topological polar surface area (TPSA) is 90.7 Å². The van der Waals surface area contributed by atoms with Gasteiger partial charge >= 0.3 is 12.0 Å². The molecule has 0 saturated heterocycles. The van der Waals surface area contributed by atoms with Crippen molar-refractivity contribution in [3.05, 3.63) is 63.6 Å². The Morgan fingerprint density at radius 2 is 1.88 bits per heavy atom. The van der Waals surface area contributed by atoms with Crippen LogP contribution in [-0.2, 0) is 11.3 Å². The second-order valence-corrected chi connectivity index (χ2v) is 5.98. The normalized spacial score (nSPS) is 10.6. The van der Waals surface area contributed by atoms with Gasteiger partial charge in [0.05, 0.1) is 12.1 Å². The number of primary amides is 1. The van der Waals surface area contributed by atoms with E-state index in [1.807, 2.05) is 0 Å². The molecule has 6 nitrogen and oxygen atoms in total. The van der Waals surface area contributed by atoms with E-state index < -0.39 is 12.0 Å².